The summed E-state index contributed by atoms with van der Waals surface area (Å²) in [7, 11) is 0. The third-order valence-electron chi connectivity index (χ3n) is 8.24. The first-order chi connectivity index (χ1) is 25.1. The van der Waals surface area contributed by atoms with Crippen LogP contribution < -0.4 is 0 Å². The number of unbranched alkanes of at least 4 members (excludes halogenated alkanes) is 19. The topological polar surface area (TPSA) is 244 Å². The third kappa shape index (κ3) is 42.6. The summed E-state index contributed by atoms with van der Waals surface area (Å²) in [6, 6.07) is 0. The molecular weight excluding hydrogens is 688 g/mol. The first-order valence-electron chi connectivity index (χ1n) is 19.5. The predicted molar refractivity (Wildman–Crippen MR) is 204 cm³/mol. The molecule has 53 heavy (non-hydrogen) atoms. The fraction of sp³-hybridized carbons (Fsp3) is 0.750. The van der Waals surface area contributed by atoms with Gasteiger partial charge >= 0.3 is 35.8 Å². The highest BCUT2D eigenvalue weighted by Gasteiger charge is 2.40. The van der Waals surface area contributed by atoms with Crippen molar-refractivity contribution in [3.05, 3.63) is 24.3 Å². The van der Waals surface area contributed by atoms with E-state index in [4.69, 9.17) is 35.7 Å². The Morgan fingerprint density at radius 2 is 0.830 bits per heavy atom. The van der Waals surface area contributed by atoms with Gasteiger partial charge in [0.15, 0.2) is 5.60 Å². The monoisotopic (exact) mass is 758 g/mol. The summed E-state index contributed by atoms with van der Waals surface area (Å²) in [5.74, 6) is -8.73. The second kappa shape index (κ2) is 38.0. The molecule has 0 radical (unpaired) electrons. The molecule has 0 fully saturated rings. The van der Waals surface area contributed by atoms with Crippen LogP contribution in [0.1, 0.15) is 181 Å². The molecular formula is C40H70O13. The molecule has 0 saturated carbocycles. The molecule has 0 amide bonds. The number of aliphatic carboxylic acids is 6. The maximum absolute atomic E-state index is 10.8. The van der Waals surface area contributed by atoms with Gasteiger partial charge in [-0.25, -0.2) is 4.79 Å². The Kier molecular flexibility index (Phi) is 38.4. The normalized spacial score (nSPS) is 11.7. The van der Waals surface area contributed by atoms with Gasteiger partial charge in [0.05, 0.1) is 25.2 Å². The molecule has 0 aliphatic rings. The third-order valence-corrected chi connectivity index (χ3v) is 8.24. The van der Waals surface area contributed by atoms with Crippen LogP contribution in [0.5, 0.6) is 0 Å². The lowest BCUT2D eigenvalue weighted by Gasteiger charge is -2.18. The smallest absolute Gasteiger partial charge is 0.336 e. The molecule has 0 bridgehead atoms. The zero-order valence-corrected chi connectivity index (χ0v) is 32.4. The summed E-state index contributed by atoms with van der Waals surface area (Å²) < 4.78 is 0. The van der Waals surface area contributed by atoms with Crippen molar-refractivity contribution >= 4 is 35.8 Å². The Balaban J connectivity index is -0.000000726. The molecule has 1 atom stereocenters. The van der Waals surface area contributed by atoms with Crippen molar-refractivity contribution in [2.75, 3.05) is 0 Å². The molecule has 13 heteroatoms. The molecule has 0 spiro atoms. The Morgan fingerprint density at radius 3 is 1.15 bits per heavy atom. The van der Waals surface area contributed by atoms with E-state index in [0.717, 1.165) is 32.1 Å². The van der Waals surface area contributed by atoms with E-state index in [9.17, 15) is 28.8 Å². The molecule has 0 heterocycles. The lowest BCUT2D eigenvalue weighted by atomic mass is 9.96. The molecule has 308 valence electrons. The Hall–Kier alpha value is -3.74. The van der Waals surface area contributed by atoms with Crippen molar-refractivity contribution < 1.29 is 64.5 Å². The fourth-order valence-electron chi connectivity index (χ4n) is 5.14. The molecule has 7 N–H and O–H groups in total. The van der Waals surface area contributed by atoms with Gasteiger partial charge in [-0.1, -0.05) is 134 Å². The number of hydrogen-bond acceptors (Lipinski definition) is 7. The van der Waals surface area contributed by atoms with Crippen molar-refractivity contribution in [3.8, 4) is 0 Å². The molecule has 13 nitrogen and oxygen atoms in total. The van der Waals surface area contributed by atoms with Gasteiger partial charge in [-0.2, -0.15) is 0 Å². The van der Waals surface area contributed by atoms with Crippen LogP contribution in [0.25, 0.3) is 0 Å². The van der Waals surface area contributed by atoms with Crippen LogP contribution in [0.3, 0.4) is 0 Å². The zero-order valence-electron chi connectivity index (χ0n) is 32.4. The van der Waals surface area contributed by atoms with Crippen LogP contribution in [0.2, 0.25) is 0 Å². The fourth-order valence-corrected chi connectivity index (χ4v) is 5.14. The van der Waals surface area contributed by atoms with Gasteiger partial charge in [0.1, 0.15) is 0 Å². The van der Waals surface area contributed by atoms with E-state index in [2.05, 4.69) is 26.0 Å². The summed E-state index contributed by atoms with van der Waals surface area (Å²) in [6.07, 6.45) is 32.7. The van der Waals surface area contributed by atoms with Crippen LogP contribution in [0, 0.1) is 5.92 Å². The lowest BCUT2D eigenvalue weighted by Crippen LogP contribution is -2.42. The van der Waals surface area contributed by atoms with E-state index in [0.29, 0.717) is 6.42 Å². The molecule has 0 aromatic rings. The molecule has 0 aromatic heterocycles. The maximum atomic E-state index is 10.8. The van der Waals surface area contributed by atoms with E-state index < -0.39 is 60.2 Å². The van der Waals surface area contributed by atoms with Crippen molar-refractivity contribution in [2.24, 2.45) is 5.92 Å². The minimum atomic E-state index is -2.74. The zero-order chi connectivity index (χ0) is 40.8. The minimum absolute atomic E-state index is 0.332. The summed E-state index contributed by atoms with van der Waals surface area (Å²) in [6.45, 7) is 4.47. The average Bonchev–Trinajstić information content (AvgIpc) is 3.06. The van der Waals surface area contributed by atoms with Gasteiger partial charge in [0.25, 0.3) is 0 Å². The van der Waals surface area contributed by atoms with E-state index in [1.807, 2.05) is 0 Å². The summed E-state index contributed by atoms with van der Waals surface area (Å²) >= 11 is 0. The van der Waals surface area contributed by atoms with Crippen LogP contribution in [-0.2, 0) is 28.8 Å². The Bertz CT molecular complexity index is 1020. The molecule has 1 unspecified atom stereocenters. The van der Waals surface area contributed by atoms with Gasteiger partial charge in [-0.3, -0.25) is 24.0 Å². The standard InChI is InChI=1S/C18H34O2.C16H28O4.C6H8O7/c1-2-3-4-5-6-7-8-9-10-11-12-13-14-15-16-17-18(19)20;1-2-3-4-5-6-7-8-9-10-11-12-14(16(19)20)13-15(17)18;7-3(8)1-6(13,5(11)12)2-4(9)10/h9-10H,2-8,11-17H2,1H3,(H,19,20);11-12,14H,2-10,13H2,1H3,(H,17,18)(H,19,20);13H,1-2H2,(H,7,8)(H,9,10)(H,11,12)/b10-9-;;. The SMILES string of the molecule is CCCCCCCC/C=C\CCCCCCCC(=O)O.CCCCCCCCCCC=CC(CC(=O)O)C(=O)O.O=C(O)CC(O)(CC(=O)O)C(=O)O. The van der Waals surface area contributed by atoms with Crippen molar-refractivity contribution in [3.63, 3.8) is 0 Å². The highest BCUT2D eigenvalue weighted by Crippen LogP contribution is 2.16. The van der Waals surface area contributed by atoms with E-state index >= 15 is 0 Å². The summed E-state index contributed by atoms with van der Waals surface area (Å²) in [5.41, 5.74) is -2.74. The van der Waals surface area contributed by atoms with Crippen molar-refractivity contribution in [1.29, 1.82) is 0 Å². The van der Waals surface area contributed by atoms with Gasteiger partial charge in [0.2, 0.25) is 0 Å². The van der Waals surface area contributed by atoms with Crippen LogP contribution >= 0.6 is 0 Å². The minimum Gasteiger partial charge on any atom is -0.481 e. The molecule has 0 rings (SSSR count). The predicted octanol–water partition coefficient (Wildman–Crippen LogP) is 9.11. The number of carboxylic acid groups (broad SMARTS) is 6. The quantitative estimate of drug-likeness (QED) is 0.0244. The molecule has 0 aromatic carbocycles. The van der Waals surface area contributed by atoms with Gasteiger partial charge in [-0.05, 0) is 44.9 Å². The number of carboxylic acids is 6. The molecule has 0 saturated heterocycles. The first-order valence-corrected chi connectivity index (χ1v) is 19.5. The van der Waals surface area contributed by atoms with E-state index in [1.54, 1.807) is 6.08 Å². The van der Waals surface area contributed by atoms with E-state index in [1.165, 1.54) is 115 Å². The Labute approximate surface area is 316 Å². The van der Waals surface area contributed by atoms with Crippen molar-refractivity contribution in [1.82, 2.24) is 0 Å². The second-order valence-corrected chi connectivity index (χ2v) is 13.4. The largest absolute Gasteiger partial charge is 0.481 e. The molecule has 0 aliphatic carbocycles. The van der Waals surface area contributed by atoms with E-state index in [-0.39, 0.29) is 6.42 Å². The van der Waals surface area contributed by atoms with Gasteiger partial charge in [-0.15, -0.1) is 0 Å². The molecule has 0 aliphatic heterocycles. The first kappa shape index (κ1) is 53.6. The number of carbonyl (C=O) groups is 6. The van der Waals surface area contributed by atoms with Crippen LogP contribution in [0.4, 0.5) is 0 Å². The number of allylic oxidation sites excluding steroid dienone is 3. The lowest BCUT2D eigenvalue weighted by molar-refractivity contribution is -0.170. The summed E-state index contributed by atoms with van der Waals surface area (Å²) in [4.78, 5) is 62.1. The average molecular weight is 759 g/mol. The van der Waals surface area contributed by atoms with Crippen molar-refractivity contribution in [2.45, 2.75) is 186 Å². The number of rotatable bonds is 33. The Morgan fingerprint density at radius 1 is 0.472 bits per heavy atom. The number of aliphatic hydroxyl groups is 1. The maximum Gasteiger partial charge on any atom is 0.336 e. The summed E-state index contributed by atoms with van der Waals surface area (Å²) in [5, 5.41) is 59.8. The highest BCUT2D eigenvalue weighted by molar-refractivity contribution is 5.88. The highest BCUT2D eigenvalue weighted by atomic mass is 16.4. The van der Waals surface area contributed by atoms with Crippen LogP contribution in [-0.4, -0.2) is 77.2 Å². The second-order valence-electron chi connectivity index (χ2n) is 13.4. The number of hydrogen-bond donors (Lipinski definition) is 7. The van der Waals surface area contributed by atoms with Gasteiger partial charge < -0.3 is 35.7 Å². The van der Waals surface area contributed by atoms with Gasteiger partial charge in [0, 0.05) is 6.42 Å². The van der Waals surface area contributed by atoms with Crippen LogP contribution in [0.15, 0.2) is 24.3 Å².